The van der Waals surface area contributed by atoms with Crippen molar-refractivity contribution in [2.24, 2.45) is 0 Å². The molecule has 0 saturated carbocycles. The van der Waals surface area contributed by atoms with Gasteiger partial charge < -0.3 is 5.32 Å². The van der Waals surface area contributed by atoms with Gasteiger partial charge in [0.15, 0.2) is 11.3 Å². The first-order valence-electron chi connectivity index (χ1n) is 10.3. The number of hydrogen-bond acceptors (Lipinski definition) is 4. The average Bonchev–Trinajstić information content (AvgIpc) is 3.06. The molecule has 4 aromatic rings. The van der Waals surface area contributed by atoms with Crippen LogP contribution in [-0.4, -0.2) is 25.5 Å². The second-order valence-corrected chi connectivity index (χ2v) is 8.04. The standard InChI is InChI=1S/C24H27N5O/c1-14-6-8-19(9-7-14)13-25-21(30)11-10-20-17(4)27-24-22-15(2)12-16(3)26-23(22)28-29(24)18(20)5/h6-9,12H,10-11,13H2,1-5H3,(H,25,30). The Morgan fingerprint density at radius 1 is 1.03 bits per heavy atom. The second-order valence-electron chi connectivity index (χ2n) is 8.04. The maximum Gasteiger partial charge on any atom is 0.220 e. The van der Waals surface area contributed by atoms with Crippen LogP contribution < -0.4 is 5.32 Å². The first-order chi connectivity index (χ1) is 14.3. The van der Waals surface area contributed by atoms with E-state index in [1.54, 1.807) is 0 Å². The first kappa shape index (κ1) is 20.0. The van der Waals surface area contributed by atoms with E-state index in [1.165, 1.54) is 5.56 Å². The van der Waals surface area contributed by atoms with E-state index in [0.717, 1.165) is 50.5 Å². The lowest BCUT2D eigenvalue weighted by Gasteiger charge is -2.11. The lowest BCUT2D eigenvalue weighted by molar-refractivity contribution is -0.121. The average molecular weight is 402 g/mol. The summed E-state index contributed by atoms with van der Waals surface area (Å²) in [7, 11) is 0. The predicted molar refractivity (Wildman–Crippen MR) is 119 cm³/mol. The maximum atomic E-state index is 12.4. The number of fused-ring (bicyclic) bond motifs is 3. The highest BCUT2D eigenvalue weighted by Gasteiger charge is 2.17. The Kier molecular flexibility index (Phi) is 5.24. The van der Waals surface area contributed by atoms with Gasteiger partial charge in [-0.3, -0.25) is 4.79 Å². The minimum Gasteiger partial charge on any atom is -0.352 e. The Labute approximate surface area is 176 Å². The molecule has 0 aliphatic rings. The third-order valence-electron chi connectivity index (χ3n) is 5.62. The van der Waals surface area contributed by atoms with Crippen LogP contribution in [0.25, 0.3) is 16.7 Å². The molecule has 3 aromatic heterocycles. The topological polar surface area (TPSA) is 72.2 Å². The zero-order chi connectivity index (χ0) is 21.4. The smallest absolute Gasteiger partial charge is 0.220 e. The third-order valence-corrected chi connectivity index (χ3v) is 5.62. The third kappa shape index (κ3) is 3.77. The zero-order valence-corrected chi connectivity index (χ0v) is 18.2. The fourth-order valence-corrected chi connectivity index (χ4v) is 3.96. The van der Waals surface area contributed by atoms with E-state index in [4.69, 9.17) is 10.1 Å². The molecule has 0 bridgehead atoms. The van der Waals surface area contributed by atoms with Crippen LogP contribution in [0.2, 0.25) is 0 Å². The van der Waals surface area contributed by atoms with Crippen molar-refractivity contribution in [1.29, 1.82) is 0 Å². The van der Waals surface area contributed by atoms with E-state index in [2.05, 4.69) is 42.3 Å². The molecular weight excluding hydrogens is 374 g/mol. The Morgan fingerprint density at radius 3 is 2.50 bits per heavy atom. The van der Waals surface area contributed by atoms with Crippen molar-refractivity contribution in [2.45, 2.75) is 54.0 Å². The monoisotopic (exact) mass is 401 g/mol. The fraction of sp³-hybridized carbons (Fsp3) is 0.333. The summed E-state index contributed by atoms with van der Waals surface area (Å²) in [5.41, 5.74) is 8.96. The maximum absolute atomic E-state index is 12.4. The molecule has 6 heteroatoms. The molecule has 30 heavy (non-hydrogen) atoms. The molecule has 154 valence electrons. The molecular formula is C24H27N5O. The molecule has 1 aromatic carbocycles. The highest BCUT2D eigenvalue weighted by Crippen LogP contribution is 2.25. The molecule has 0 aliphatic heterocycles. The summed E-state index contributed by atoms with van der Waals surface area (Å²) < 4.78 is 1.87. The van der Waals surface area contributed by atoms with Gasteiger partial charge in [0.05, 0.1) is 5.39 Å². The number of nitrogens with zero attached hydrogens (tertiary/aromatic N) is 4. The number of amides is 1. The minimum atomic E-state index is 0.0354. The summed E-state index contributed by atoms with van der Waals surface area (Å²) in [5.74, 6) is 0.0354. The van der Waals surface area contributed by atoms with Crippen molar-refractivity contribution in [2.75, 3.05) is 0 Å². The highest BCUT2D eigenvalue weighted by molar-refractivity contribution is 5.93. The summed E-state index contributed by atoms with van der Waals surface area (Å²) in [6.45, 7) is 10.7. The number of benzene rings is 1. The van der Waals surface area contributed by atoms with Gasteiger partial charge >= 0.3 is 0 Å². The highest BCUT2D eigenvalue weighted by atomic mass is 16.1. The van der Waals surface area contributed by atoms with Gasteiger partial charge in [-0.2, -0.15) is 0 Å². The Hall–Kier alpha value is -3.28. The van der Waals surface area contributed by atoms with Gasteiger partial charge in [-0.15, -0.1) is 5.10 Å². The largest absolute Gasteiger partial charge is 0.352 e. The molecule has 0 fully saturated rings. The molecule has 0 radical (unpaired) electrons. The number of rotatable bonds is 5. The normalized spacial score (nSPS) is 11.4. The van der Waals surface area contributed by atoms with Crippen molar-refractivity contribution < 1.29 is 4.79 Å². The summed E-state index contributed by atoms with van der Waals surface area (Å²) >= 11 is 0. The van der Waals surface area contributed by atoms with E-state index < -0.39 is 0 Å². The second kappa shape index (κ2) is 7.86. The number of nitrogens with one attached hydrogen (secondary N) is 1. The van der Waals surface area contributed by atoms with Crippen molar-refractivity contribution in [3.05, 3.63) is 69.7 Å². The van der Waals surface area contributed by atoms with E-state index in [9.17, 15) is 4.79 Å². The molecule has 0 unspecified atom stereocenters. The van der Waals surface area contributed by atoms with Crippen molar-refractivity contribution in [3.8, 4) is 0 Å². The van der Waals surface area contributed by atoms with Gasteiger partial charge in [0.1, 0.15) is 0 Å². The molecule has 0 saturated heterocycles. The quantitative estimate of drug-likeness (QED) is 0.547. The zero-order valence-electron chi connectivity index (χ0n) is 18.2. The fourth-order valence-electron chi connectivity index (χ4n) is 3.96. The Balaban J connectivity index is 1.54. The summed E-state index contributed by atoms with van der Waals surface area (Å²) in [6.07, 6.45) is 1.04. The molecule has 0 spiro atoms. The van der Waals surface area contributed by atoms with Gasteiger partial charge in [-0.25, -0.2) is 14.5 Å². The van der Waals surface area contributed by atoms with Crippen molar-refractivity contribution in [1.82, 2.24) is 24.9 Å². The molecule has 6 nitrogen and oxygen atoms in total. The number of aromatic nitrogens is 4. The lowest BCUT2D eigenvalue weighted by Crippen LogP contribution is -2.23. The number of aryl methyl sites for hydroxylation is 5. The van der Waals surface area contributed by atoms with Crippen LogP contribution in [0.5, 0.6) is 0 Å². The first-order valence-corrected chi connectivity index (χ1v) is 10.3. The van der Waals surface area contributed by atoms with Crippen LogP contribution in [0.4, 0.5) is 0 Å². The minimum absolute atomic E-state index is 0.0354. The van der Waals surface area contributed by atoms with Crippen LogP contribution >= 0.6 is 0 Å². The summed E-state index contributed by atoms with van der Waals surface area (Å²) in [6, 6.07) is 10.3. The van der Waals surface area contributed by atoms with Crippen LogP contribution in [0.1, 0.15) is 45.8 Å². The molecule has 4 rings (SSSR count). The van der Waals surface area contributed by atoms with Gasteiger partial charge in [-0.1, -0.05) is 29.8 Å². The van der Waals surface area contributed by atoms with E-state index in [1.807, 2.05) is 37.4 Å². The SMILES string of the molecule is Cc1ccc(CNC(=O)CCc2c(C)nc3c4c(C)cc(C)nc4nn3c2C)cc1. The van der Waals surface area contributed by atoms with Crippen LogP contribution in [0, 0.1) is 34.6 Å². The van der Waals surface area contributed by atoms with E-state index >= 15 is 0 Å². The van der Waals surface area contributed by atoms with Gasteiger partial charge in [-0.05, 0) is 63.8 Å². The lowest BCUT2D eigenvalue weighted by atomic mass is 10.1. The number of hydrogen-bond donors (Lipinski definition) is 1. The molecule has 0 aliphatic carbocycles. The predicted octanol–water partition coefficient (Wildman–Crippen LogP) is 4.07. The van der Waals surface area contributed by atoms with Crippen LogP contribution in [0.15, 0.2) is 30.3 Å². The molecule has 0 atom stereocenters. The van der Waals surface area contributed by atoms with Gasteiger partial charge in [0.25, 0.3) is 0 Å². The van der Waals surface area contributed by atoms with E-state index in [-0.39, 0.29) is 5.91 Å². The van der Waals surface area contributed by atoms with Crippen LogP contribution in [0.3, 0.4) is 0 Å². The number of carbonyl (C=O) groups excluding carboxylic acids is 1. The molecule has 1 amide bonds. The Bertz CT molecular complexity index is 1250. The van der Waals surface area contributed by atoms with Gasteiger partial charge in [0, 0.05) is 30.0 Å². The number of carbonyl (C=O) groups is 1. The van der Waals surface area contributed by atoms with Crippen molar-refractivity contribution in [3.63, 3.8) is 0 Å². The summed E-state index contributed by atoms with van der Waals surface area (Å²) in [4.78, 5) is 21.8. The Morgan fingerprint density at radius 2 is 1.77 bits per heavy atom. The van der Waals surface area contributed by atoms with Gasteiger partial charge in [0.2, 0.25) is 5.91 Å². The van der Waals surface area contributed by atoms with Crippen molar-refractivity contribution >= 4 is 22.6 Å². The summed E-state index contributed by atoms with van der Waals surface area (Å²) in [5, 5.41) is 8.69. The van der Waals surface area contributed by atoms with E-state index in [0.29, 0.717) is 19.4 Å². The number of pyridine rings is 1. The molecule has 3 heterocycles. The molecule has 1 N–H and O–H groups in total. The van der Waals surface area contributed by atoms with Crippen LogP contribution in [-0.2, 0) is 17.8 Å².